The van der Waals surface area contributed by atoms with Crippen LogP contribution in [0.5, 0.6) is 0 Å². The van der Waals surface area contributed by atoms with Crippen LogP contribution in [0.4, 0.5) is 4.39 Å². The minimum Gasteiger partial charge on any atom is -0.295 e. The first kappa shape index (κ1) is 15.3. The molecule has 1 rings (SSSR count). The molecule has 0 unspecified atom stereocenters. The Bertz CT molecular complexity index is 554. The number of hydrogen-bond acceptors (Lipinski definition) is 2. The molecule has 1 aromatic rings. The highest BCUT2D eigenvalue weighted by Crippen LogP contribution is 2.26. The number of Topliss-reactive ketones (excluding diaryl/α,β-unsaturated/α-hetero) is 2. The molecule has 0 spiro atoms. The molecule has 0 bridgehead atoms. The molecular formula is C16H19FO2. The minimum absolute atomic E-state index is 0.0267. The fourth-order valence-electron chi connectivity index (χ4n) is 2.27. The molecule has 0 fully saturated rings. The summed E-state index contributed by atoms with van der Waals surface area (Å²) in [4.78, 5) is 23.0. The second-order valence-corrected chi connectivity index (χ2v) is 5.03. The molecular weight excluding hydrogens is 243 g/mol. The predicted molar refractivity (Wildman–Crippen MR) is 74.5 cm³/mol. The van der Waals surface area contributed by atoms with Crippen molar-refractivity contribution < 1.29 is 14.0 Å². The van der Waals surface area contributed by atoms with E-state index in [1.807, 2.05) is 13.8 Å². The minimum atomic E-state index is -0.464. The van der Waals surface area contributed by atoms with Crippen molar-refractivity contribution in [2.75, 3.05) is 0 Å². The van der Waals surface area contributed by atoms with E-state index in [9.17, 15) is 14.0 Å². The van der Waals surface area contributed by atoms with Gasteiger partial charge in [0.05, 0.1) is 0 Å². The number of rotatable bonds is 4. The van der Waals surface area contributed by atoms with E-state index >= 15 is 0 Å². The molecule has 0 heterocycles. The van der Waals surface area contributed by atoms with Crippen molar-refractivity contribution in [2.24, 2.45) is 5.92 Å². The zero-order chi connectivity index (χ0) is 14.7. The fraction of sp³-hybridized carbons (Fsp3) is 0.375. The van der Waals surface area contributed by atoms with Crippen LogP contribution >= 0.6 is 0 Å². The molecule has 0 aliphatic rings. The molecule has 0 aliphatic carbocycles. The SMILES string of the molecule is CC(=O)C(=C(C)c1cc(F)cc(C(C)=O)c1)C(C)C. The molecule has 0 saturated carbocycles. The summed E-state index contributed by atoms with van der Waals surface area (Å²) in [6.07, 6.45) is 0. The summed E-state index contributed by atoms with van der Waals surface area (Å²) in [6.45, 7) is 8.53. The molecule has 3 heteroatoms. The topological polar surface area (TPSA) is 34.1 Å². The average Bonchev–Trinajstić information content (AvgIpc) is 2.26. The smallest absolute Gasteiger partial charge is 0.159 e. The second kappa shape index (κ2) is 5.91. The Kier molecular flexibility index (Phi) is 4.76. The van der Waals surface area contributed by atoms with Crippen LogP contribution in [0.25, 0.3) is 5.57 Å². The van der Waals surface area contributed by atoms with Gasteiger partial charge in [-0.3, -0.25) is 9.59 Å². The van der Waals surface area contributed by atoms with Crippen molar-refractivity contribution >= 4 is 17.1 Å². The van der Waals surface area contributed by atoms with Crippen LogP contribution in [-0.4, -0.2) is 11.6 Å². The molecule has 1 aromatic carbocycles. The molecule has 2 nitrogen and oxygen atoms in total. The lowest BCUT2D eigenvalue weighted by molar-refractivity contribution is -0.113. The largest absolute Gasteiger partial charge is 0.295 e. The van der Waals surface area contributed by atoms with Crippen LogP contribution in [0.3, 0.4) is 0 Å². The van der Waals surface area contributed by atoms with Crippen molar-refractivity contribution in [3.63, 3.8) is 0 Å². The van der Waals surface area contributed by atoms with Gasteiger partial charge in [-0.15, -0.1) is 0 Å². The Morgan fingerprint density at radius 2 is 1.53 bits per heavy atom. The van der Waals surface area contributed by atoms with Gasteiger partial charge in [0.15, 0.2) is 11.6 Å². The third-order valence-corrected chi connectivity index (χ3v) is 3.10. The Morgan fingerprint density at radius 3 is 1.95 bits per heavy atom. The standard InChI is InChI=1S/C16H19FO2/c1-9(2)16(12(5)19)10(3)13-6-14(11(4)18)8-15(17)7-13/h6-9H,1-5H3. The maximum Gasteiger partial charge on any atom is 0.159 e. The maximum absolute atomic E-state index is 13.6. The van der Waals surface area contributed by atoms with Gasteiger partial charge in [-0.25, -0.2) is 4.39 Å². The highest BCUT2D eigenvalue weighted by molar-refractivity contribution is 6.02. The Labute approximate surface area is 113 Å². The Hall–Kier alpha value is -1.77. The van der Waals surface area contributed by atoms with E-state index in [4.69, 9.17) is 0 Å². The van der Waals surface area contributed by atoms with Gasteiger partial charge in [0.25, 0.3) is 0 Å². The summed E-state index contributed by atoms with van der Waals surface area (Å²) in [5.41, 5.74) is 2.30. The Balaban J connectivity index is 3.48. The highest BCUT2D eigenvalue weighted by Gasteiger charge is 2.15. The van der Waals surface area contributed by atoms with Crippen LogP contribution in [-0.2, 0) is 4.79 Å². The van der Waals surface area contributed by atoms with E-state index in [1.54, 1.807) is 13.0 Å². The van der Waals surface area contributed by atoms with Crippen LogP contribution in [0.2, 0.25) is 0 Å². The van der Waals surface area contributed by atoms with E-state index in [0.717, 1.165) is 5.57 Å². The van der Waals surface area contributed by atoms with Crippen LogP contribution in [0.1, 0.15) is 50.5 Å². The molecule has 0 N–H and O–H groups in total. The summed E-state index contributed by atoms with van der Waals surface area (Å²) in [7, 11) is 0. The fourth-order valence-corrected chi connectivity index (χ4v) is 2.27. The lowest BCUT2D eigenvalue weighted by Crippen LogP contribution is -2.07. The zero-order valence-corrected chi connectivity index (χ0v) is 12.0. The van der Waals surface area contributed by atoms with Crippen molar-refractivity contribution in [3.05, 3.63) is 40.7 Å². The lowest BCUT2D eigenvalue weighted by atomic mass is 9.90. The van der Waals surface area contributed by atoms with E-state index < -0.39 is 5.82 Å². The van der Waals surface area contributed by atoms with E-state index in [0.29, 0.717) is 16.7 Å². The molecule has 0 radical (unpaired) electrons. The molecule has 0 aromatic heterocycles. The van der Waals surface area contributed by atoms with Crippen LogP contribution in [0.15, 0.2) is 23.8 Å². The first-order valence-corrected chi connectivity index (χ1v) is 6.27. The quantitative estimate of drug-likeness (QED) is 0.606. The molecule has 0 atom stereocenters. The number of carbonyl (C=O) groups excluding carboxylic acids is 2. The van der Waals surface area contributed by atoms with Gasteiger partial charge < -0.3 is 0 Å². The lowest BCUT2D eigenvalue weighted by Gasteiger charge is -2.14. The summed E-state index contributed by atoms with van der Waals surface area (Å²) in [5, 5.41) is 0. The van der Waals surface area contributed by atoms with Crippen molar-refractivity contribution in [1.82, 2.24) is 0 Å². The van der Waals surface area contributed by atoms with Crippen LogP contribution < -0.4 is 0 Å². The summed E-state index contributed by atoms with van der Waals surface area (Å²) in [5.74, 6) is -0.626. The number of allylic oxidation sites excluding steroid dienone is 2. The van der Waals surface area contributed by atoms with E-state index in [-0.39, 0.29) is 17.5 Å². The average molecular weight is 262 g/mol. The molecule has 102 valence electrons. The number of carbonyl (C=O) groups is 2. The monoisotopic (exact) mass is 262 g/mol. The van der Waals surface area contributed by atoms with Gasteiger partial charge in [-0.05, 0) is 56.0 Å². The van der Waals surface area contributed by atoms with Gasteiger partial charge in [0, 0.05) is 11.1 Å². The molecule has 0 amide bonds. The van der Waals surface area contributed by atoms with Crippen molar-refractivity contribution in [3.8, 4) is 0 Å². The third kappa shape index (κ3) is 3.60. The van der Waals surface area contributed by atoms with Gasteiger partial charge in [0.1, 0.15) is 5.82 Å². The van der Waals surface area contributed by atoms with Crippen molar-refractivity contribution in [2.45, 2.75) is 34.6 Å². The highest BCUT2D eigenvalue weighted by atomic mass is 19.1. The number of hydrogen-bond donors (Lipinski definition) is 0. The summed E-state index contributed by atoms with van der Waals surface area (Å²) in [6, 6.07) is 4.20. The molecule has 0 saturated heterocycles. The zero-order valence-electron chi connectivity index (χ0n) is 12.0. The summed E-state index contributed by atoms with van der Waals surface area (Å²) >= 11 is 0. The first-order chi connectivity index (χ1) is 8.73. The second-order valence-electron chi connectivity index (χ2n) is 5.03. The third-order valence-electron chi connectivity index (χ3n) is 3.10. The number of benzene rings is 1. The number of ketones is 2. The van der Waals surface area contributed by atoms with Gasteiger partial charge in [-0.2, -0.15) is 0 Å². The predicted octanol–water partition coefficient (Wildman–Crippen LogP) is 4.05. The van der Waals surface area contributed by atoms with Crippen molar-refractivity contribution in [1.29, 1.82) is 0 Å². The first-order valence-electron chi connectivity index (χ1n) is 6.27. The molecule has 0 aliphatic heterocycles. The Morgan fingerprint density at radius 1 is 1.00 bits per heavy atom. The van der Waals surface area contributed by atoms with E-state index in [2.05, 4.69) is 0 Å². The normalized spacial score (nSPS) is 12.4. The summed E-state index contributed by atoms with van der Waals surface area (Å²) < 4.78 is 13.6. The maximum atomic E-state index is 13.6. The molecule has 19 heavy (non-hydrogen) atoms. The van der Waals surface area contributed by atoms with Gasteiger partial charge >= 0.3 is 0 Å². The van der Waals surface area contributed by atoms with Gasteiger partial charge in [-0.1, -0.05) is 13.8 Å². The number of halogens is 1. The van der Waals surface area contributed by atoms with Crippen LogP contribution in [0, 0.1) is 11.7 Å². The van der Waals surface area contributed by atoms with Gasteiger partial charge in [0.2, 0.25) is 0 Å². The van der Waals surface area contributed by atoms with E-state index in [1.165, 1.54) is 26.0 Å².